The number of hydrogen-bond acceptors (Lipinski definition) is 5. The lowest BCUT2D eigenvalue weighted by atomic mass is 10.0. The Morgan fingerprint density at radius 3 is 2.16 bits per heavy atom. The maximum absolute atomic E-state index is 13.9. The second-order valence-electron chi connectivity index (χ2n) is 10.1. The third-order valence-electron chi connectivity index (χ3n) is 6.80. The summed E-state index contributed by atoms with van der Waals surface area (Å²) in [5.41, 5.74) is 1.90. The Morgan fingerprint density at radius 1 is 0.930 bits per heavy atom. The van der Waals surface area contributed by atoms with E-state index in [1.54, 1.807) is 42.5 Å². The lowest BCUT2D eigenvalue weighted by Crippen LogP contribution is -2.50. The third kappa shape index (κ3) is 10.2. The first-order valence-electron chi connectivity index (χ1n) is 14.3. The summed E-state index contributed by atoms with van der Waals surface area (Å²) in [6, 6.07) is 20.5. The molecule has 232 valence electrons. The van der Waals surface area contributed by atoms with Crippen LogP contribution in [0.3, 0.4) is 0 Å². The molecule has 0 saturated carbocycles. The molecule has 0 aliphatic heterocycles. The quantitative estimate of drug-likeness (QED) is 0.203. The molecular formula is C32H39Cl2N3O5S. The van der Waals surface area contributed by atoms with Gasteiger partial charge in [-0.2, -0.15) is 0 Å². The van der Waals surface area contributed by atoms with Crippen molar-refractivity contribution < 1.29 is 22.7 Å². The van der Waals surface area contributed by atoms with Crippen LogP contribution in [0.1, 0.15) is 44.2 Å². The highest BCUT2D eigenvalue weighted by molar-refractivity contribution is 7.92. The molecule has 0 bridgehead atoms. The van der Waals surface area contributed by atoms with Gasteiger partial charge in [0.25, 0.3) is 0 Å². The number of sulfonamides is 1. The number of amides is 2. The number of ether oxygens (including phenoxy) is 1. The first-order chi connectivity index (χ1) is 20.5. The highest BCUT2D eigenvalue weighted by Crippen LogP contribution is 2.28. The minimum Gasteiger partial charge on any atom is -0.494 e. The molecule has 0 saturated heterocycles. The van der Waals surface area contributed by atoms with Crippen molar-refractivity contribution in [3.05, 3.63) is 94.0 Å². The molecule has 0 fully saturated rings. The van der Waals surface area contributed by atoms with Gasteiger partial charge in [0.15, 0.2) is 0 Å². The first-order valence-corrected chi connectivity index (χ1v) is 16.9. The van der Waals surface area contributed by atoms with E-state index in [0.29, 0.717) is 40.2 Å². The van der Waals surface area contributed by atoms with Crippen LogP contribution in [0.2, 0.25) is 10.0 Å². The van der Waals surface area contributed by atoms with Crippen molar-refractivity contribution in [1.29, 1.82) is 0 Å². The number of halogens is 2. The van der Waals surface area contributed by atoms with Crippen LogP contribution in [0.4, 0.5) is 5.69 Å². The van der Waals surface area contributed by atoms with Crippen LogP contribution in [0.25, 0.3) is 0 Å². The van der Waals surface area contributed by atoms with Crippen molar-refractivity contribution in [3.8, 4) is 5.75 Å². The Bertz CT molecular complexity index is 1430. The van der Waals surface area contributed by atoms with E-state index in [1.165, 1.54) is 9.21 Å². The second-order valence-corrected chi connectivity index (χ2v) is 12.8. The van der Waals surface area contributed by atoms with Crippen molar-refractivity contribution in [2.45, 2.75) is 52.1 Å². The van der Waals surface area contributed by atoms with Gasteiger partial charge < -0.3 is 15.0 Å². The van der Waals surface area contributed by atoms with E-state index in [-0.39, 0.29) is 44.2 Å². The summed E-state index contributed by atoms with van der Waals surface area (Å²) in [5.74, 6) is 0.0349. The van der Waals surface area contributed by atoms with Crippen molar-refractivity contribution >= 4 is 50.7 Å². The van der Waals surface area contributed by atoms with Gasteiger partial charge >= 0.3 is 0 Å². The molecule has 0 aliphatic carbocycles. The fourth-order valence-corrected chi connectivity index (χ4v) is 6.14. The Kier molecular flexibility index (Phi) is 13.2. The number of nitrogens with one attached hydrogen (secondary N) is 1. The van der Waals surface area contributed by atoms with Gasteiger partial charge in [-0.05, 0) is 61.7 Å². The zero-order valence-electron chi connectivity index (χ0n) is 24.8. The summed E-state index contributed by atoms with van der Waals surface area (Å²) >= 11 is 13.0. The average Bonchev–Trinajstić information content (AvgIpc) is 2.97. The molecular weight excluding hydrogens is 609 g/mol. The highest BCUT2D eigenvalue weighted by atomic mass is 35.5. The molecule has 2 amide bonds. The van der Waals surface area contributed by atoms with E-state index < -0.39 is 16.1 Å². The normalized spacial score (nSPS) is 11.9. The van der Waals surface area contributed by atoms with Gasteiger partial charge in [-0.15, -0.1) is 0 Å². The van der Waals surface area contributed by atoms with Crippen LogP contribution >= 0.6 is 23.2 Å². The van der Waals surface area contributed by atoms with E-state index in [4.69, 9.17) is 27.9 Å². The fraction of sp³-hybridized carbons (Fsp3) is 0.375. The Balaban J connectivity index is 1.89. The van der Waals surface area contributed by atoms with Crippen molar-refractivity contribution in [2.75, 3.05) is 30.3 Å². The van der Waals surface area contributed by atoms with Gasteiger partial charge in [0.1, 0.15) is 11.8 Å². The molecule has 3 rings (SSSR count). The van der Waals surface area contributed by atoms with Gasteiger partial charge in [-0.3, -0.25) is 13.9 Å². The summed E-state index contributed by atoms with van der Waals surface area (Å²) in [6.45, 7) is 4.87. The van der Waals surface area contributed by atoms with Crippen LogP contribution in [0.5, 0.6) is 5.75 Å². The lowest BCUT2D eigenvalue weighted by Gasteiger charge is -2.32. The van der Waals surface area contributed by atoms with Crippen LogP contribution in [-0.4, -0.2) is 57.1 Å². The number of carbonyl (C=O) groups is 2. The molecule has 8 nitrogen and oxygen atoms in total. The monoisotopic (exact) mass is 647 g/mol. The molecule has 1 unspecified atom stereocenters. The minimum atomic E-state index is -3.63. The molecule has 0 aliphatic rings. The number of nitrogens with zero attached hydrogens (tertiary/aromatic N) is 2. The smallest absolute Gasteiger partial charge is 0.243 e. The molecule has 0 aromatic heterocycles. The molecule has 0 radical (unpaired) electrons. The van der Waals surface area contributed by atoms with Gasteiger partial charge in [0.2, 0.25) is 21.8 Å². The summed E-state index contributed by atoms with van der Waals surface area (Å²) in [7, 11) is -3.63. The van der Waals surface area contributed by atoms with Crippen molar-refractivity contribution in [1.82, 2.24) is 10.2 Å². The van der Waals surface area contributed by atoms with Gasteiger partial charge in [0.05, 0.1) is 18.6 Å². The van der Waals surface area contributed by atoms with E-state index in [1.807, 2.05) is 44.2 Å². The molecule has 0 spiro atoms. The molecule has 0 heterocycles. The number of rotatable bonds is 16. The summed E-state index contributed by atoms with van der Waals surface area (Å²) in [4.78, 5) is 29.0. The van der Waals surface area contributed by atoms with E-state index in [9.17, 15) is 18.0 Å². The molecule has 3 aromatic carbocycles. The number of hydrogen-bond donors (Lipinski definition) is 1. The SMILES string of the molecule is CCCNC(=O)C(Cc1ccccc1)N(Cc1c(Cl)cccc1Cl)C(=O)CCCN(c1ccc(OCC)cc1)S(C)(=O)=O. The predicted molar refractivity (Wildman–Crippen MR) is 173 cm³/mol. The van der Waals surface area contributed by atoms with E-state index >= 15 is 0 Å². The number of carbonyl (C=O) groups excluding carboxylic acids is 2. The maximum atomic E-state index is 13.9. The van der Waals surface area contributed by atoms with Crippen molar-refractivity contribution in [3.63, 3.8) is 0 Å². The molecule has 11 heteroatoms. The topological polar surface area (TPSA) is 96.0 Å². The Hall–Kier alpha value is -3.27. The predicted octanol–water partition coefficient (Wildman–Crippen LogP) is 6.10. The van der Waals surface area contributed by atoms with E-state index in [0.717, 1.165) is 18.2 Å². The average molecular weight is 649 g/mol. The lowest BCUT2D eigenvalue weighted by molar-refractivity contribution is -0.141. The molecule has 3 aromatic rings. The summed E-state index contributed by atoms with van der Waals surface area (Å²) < 4.78 is 32.1. The van der Waals surface area contributed by atoms with Crippen LogP contribution in [0.15, 0.2) is 72.8 Å². The van der Waals surface area contributed by atoms with Gasteiger partial charge in [-0.25, -0.2) is 8.42 Å². The maximum Gasteiger partial charge on any atom is 0.243 e. The minimum absolute atomic E-state index is 0.00251. The largest absolute Gasteiger partial charge is 0.494 e. The third-order valence-corrected chi connectivity index (χ3v) is 8.70. The molecule has 1 atom stereocenters. The fourth-order valence-electron chi connectivity index (χ4n) is 4.65. The highest BCUT2D eigenvalue weighted by Gasteiger charge is 2.31. The number of anilines is 1. The van der Waals surface area contributed by atoms with Crippen LogP contribution < -0.4 is 14.4 Å². The Labute approximate surface area is 265 Å². The summed E-state index contributed by atoms with van der Waals surface area (Å²) in [6.07, 6.45) is 2.37. The van der Waals surface area contributed by atoms with Gasteiger partial charge in [-0.1, -0.05) is 66.5 Å². The Morgan fingerprint density at radius 2 is 1.58 bits per heavy atom. The van der Waals surface area contributed by atoms with Crippen LogP contribution in [0, 0.1) is 0 Å². The molecule has 1 N–H and O–H groups in total. The first kappa shape index (κ1) is 34.2. The zero-order chi connectivity index (χ0) is 31.4. The summed E-state index contributed by atoms with van der Waals surface area (Å²) in [5, 5.41) is 3.71. The van der Waals surface area contributed by atoms with E-state index in [2.05, 4.69) is 5.32 Å². The molecule has 43 heavy (non-hydrogen) atoms. The second kappa shape index (κ2) is 16.5. The zero-order valence-corrected chi connectivity index (χ0v) is 27.1. The van der Waals surface area contributed by atoms with Crippen molar-refractivity contribution in [2.24, 2.45) is 0 Å². The number of benzene rings is 3. The van der Waals surface area contributed by atoms with Gasteiger partial charge in [0, 0.05) is 48.1 Å². The standard InChI is InChI=1S/C32H39Cl2N3O5S/c1-4-20-35-32(39)30(22-24-11-7-6-8-12-24)36(23-27-28(33)13-9-14-29(27)34)31(38)15-10-21-37(43(3,40)41)25-16-18-26(19-17-25)42-5-2/h6-9,11-14,16-19,30H,4-5,10,15,20-23H2,1-3H3,(H,35,39). The van der Waals surface area contributed by atoms with Crippen LogP contribution in [-0.2, 0) is 32.6 Å².